The lowest BCUT2D eigenvalue weighted by atomic mass is 10.5. The van der Waals surface area contributed by atoms with Gasteiger partial charge in [-0.15, -0.1) is 0 Å². The smallest absolute Gasteiger partial charge is 0.0599 e. The molecular weight excluding hydrogens is 108 g/mol. The van der Waals surface area contributed by atoms with Gasteiger partial charge in [0.25, 0.3) is 0 Å². The molecule has 0 aromatic heterocycles. The number of hydrogen-bond donors (Lipinski definition) is 2. The highest BCUT2D eigenvalue weighted by molar-refractivity contribution is 7.80. The molecule has 0 heterocycles. The van der Waals surface area contributed by atoms with Crippen molar-refractivity contribution in [2.75, 3.05) is 5.75 Å². The Balaban J connectivity index is 0. The van der Waals surface area contributed by atoms with E-state index in [2.05, 4.69) is 12.6 Å². The van der Waals surface area contributed by atoms with Crippen LogP contribution in [-0.2, 0) is 0 Å². The van der Waals surface area contributed by atoms with Crippen molar-refractivity contribution < 1.29 is 5.11 Å². The quantitative estimate of drug-likeness (QED) is 0.503. The number of aliphatic hydroxyl groups excluding tert-OH is 1. The summed E-state index contributed by atoms with van der Waals surface area (Å²) in [4.78, 5) is 0. The first-order valence-electron chi connectivity index (χ1n) is 2.56. The van der Waals surface area contributed by atoms with Gasteiger partial charge < -0.3 is 5.11 Å². The van der Waals surface area contributed by atoms with Crippen LogP contribution in [-0.4, -0.2) is 17.0 Å². The molecule has 0 fully saturated rings. The van der Waals surface area contributed by atoms with E-state index in [1.807, 2.05) is 13.8 Å². The van der Waals surface area contributed by atoms with Gasteiger partial charge in [-0.05, 0) is 6.92 Å². The standard InChI is InChI=1S/C3H8OS.C2H6/c1-3(4)2-5;1-2/h3-5H,2H2,1H3;1-2H3. The van der Waals surface area contributed by atoms with Crippen molar-refractivity contribution >= 4 is 12.6 Å². The van der Waals surface area contributed by atoms with E-state index in [1.54, 1.807) is 6.92 Å². The maximum absolute atomic E-state index is 8.28. The van der Waals surface area contributed by atoms with Gasteiger partial charge in [-0.25, -0.2) is 0 Å². The third kappa shape index (κ3) is 22.0. The summed E-state index contributed by atoms with van der Waals surface area (Å²) in [6, 6.07) is 0. The predicted molar refractivity (Wildman–Crippen MR) is 36.9 cm³/mol. The molecule has 0 aromatic rings. The van der Waals surface area contributed by atoms with Crippen LogP contribution in [0.25, 0.3) is 0 Å². The maximum atomic E-state index is 8.28. The Morgan fingerprint density at radius 1 is 1.57 bits per heavy atom. The summed E-state index contributed by atoms with van der Waals surface area (Å²) in [5.74, 6) is 0.556. The first-order chi connectivity index (χ1) is 3.27. The molecule has 0 saturated heterocycles. The van der Waals surface area contributed by atoms with Gasteiger partial charge in [-0.2, -0.15) is 12.6 Å². The Morgan fingerprint density at radius 3 is 1.71 bits per heavy atom. The van der Waals surface area contributed by atoms with Gasteiger partial charge >= 0.3 is 0 Å². The van der Waals surface area contributed by atoms with Crippen molar-refractivity contribution in [3.63, 3.8) is 0 Å². The lowest BCUT2D eigenvalue weighted by Gasteiger charge is -1.89. The van der Waals surface area contributed by atoms with Gasteiger partial charge in [0.05, 0.1) is 6.10 Å². The molecule has 0 rings (SSSR count). The summed E-state index contributed by atoms with van der Waals surface area (Å²) in [7, 11) is 0. The largest absolute Gasteiger partial charge is 0.393 e. The van der Waals surface area contributed by atoms with E-state index in [1.165, 1.54) is 0 Å². The topological polar surface area (TPSA) is 20.2 Å². The van der Waals surface area contributed by atoms with Crippen molar-refractivity contribution in [1.29, 1.82) is 0 Å². The number of thiol groups is 1. The van der Waals surface area contributed by atoms with E-state index in [9.17, 15) is 0 Å². The summed E-state index contributed by atoms with van der Waals surface area (Å²) in [6.07, 6.45) is -0.252. The van der Waals surface area contributed by atoms with Gasteiger partial charge in [0, 0.05) is 5.75 Å². The molecule has 1 atom stereocenters. The summed E-state index contributed by atoms with van der Waals surface area (Å²) < 4.78 is 0. The van der Waals surface area contributed by atoms with Crippen LogP contribution in [0, 0.1) is 0 Å². The van der Waals surface area contributed by atoms with Crippen LogP contribution < -0.4 is 0 Å². The predicted octanol–water partition coefficient (Wildman–Crippen LogP) is 1.32. The molecule has 1 unspecified atom stereocenters. The third-order valence-electron chi connectivity index (χ3n) is 0.264. The Hall–Kier alpha value is 0.310. The molecule has 1 N–H and O–H groups in total. The van der Waals surface area contributed by atoms with E-state index in [-0.39, 0.29) is 6.10 Å². The molecule has 0 radical (unpaired) electrons. The molecule has 0 aromatic carbocycles. The zero-order valence-corrected chi connectivity index (χ0v) is 6.07. The lowest BCUT2D eigenvalue weighted by molar-refractivity contribution is 0.221. The average Bonchev–Trinajstić information content (AvgIpc) is 1.73. The van der Waals surface area contributed by atoms with E-state index < -0.39 is 0 Å². The Labute approximate surface area is 51.2 Å². The summed E-state index contributed by atoms with van der Waals surface area (Å²) in [5, 5.41) is 8.28. The van der Waals surface area contributed by atoms with Gasteiger partial charge in [-0.3, -0.25) is 0 Å². The van der Waals surface area contributed by atoms with Crippen LogP contribution in [0.4, 0.5) is 0 Å². The fourth-order valence-electron chi connectivity index (χ4n) is 0. The van der Waals surface area contributed by atoms with E-state index >= 15 is 0 Å². The number of hydrogen-bond acceptors (Lipinski definition) is 2. The van der Waals surface area contributed by atoms with Gasteiger partial charge in [0.2, 0.25) is 0 Å². The zero-order valence-electron chi connectivity index (χ0n) is 5.18. The molecule has 46 valence electrons. The van der Waals surface area contributed by atoms with E-state index in [0.29, 0.717) is 5.75 Å². The van der Waals surface area contributed by atoms with E-state index in [0.717, 1.165) is 0 Å². The van der Waals surface area contributed by atoms with Crippen LogP contribution >= 0.6 is 12.6 Å². The number of rotatable bonds is 1. The average molecular weight is 122 g/mol. The molecule has 0 amide bonds. The molecule has 0 aliphatic rings. The molecule has 0 saturated carbocycles. The van der Waals surface area contributed by atoms with Gasteiger partial charge in [-0.1, -0.05) is 13.8 Å². The maximum Gasteiger partial charge on any atom is 0.0599 e. The monoisotopic (exact) mass is 122 g/mol. The second-order valence-corrected chi connectivity index (χ2v) is 1.40. The molecule has 0 aliphatic carbocycles. The second-order valence-electron chi connectivity index (χ2n) is 1.03. The fraction of sp³-hybridized carbons (Fsp3) is 1.00. The molecule has 0 aliphatic heterocycles. The minimum absolute atomic E-state index is 0.252. The molecular formula is C5H14OS. The van der Waals surface area contributed by atoms with Gasteiger partial charge in [0.15, 0.2) is 0 Å². The Morgan fingerprint density at radius 2 is 1.71 bits per heavy atom. The fourth-order valence-corrected chi connectivity index (χ4v) is 0. The number of aliphatic hydroxyl groups is 1. The highest BCUT2D eigenvalue weighted by Gasteiger charge is 1.82. The van der Waals surface area contributed by atoms with Crippen molar-refractivity contribution in [2.24, 2.45) is 0 Å². The summed E-state index contributed by atoms with van der Waals surface area (Å²) in [6.45, 7) is 5.70. The summed E-state index contributed by atoms with van der Waals surface area (Å²) >= 11 is 3.77. The SMILES string of the molecule is CC.CC(O)CS. The molecule has 7 heavy (non-hydrogen) atoms. The first kappa shape index (κ1) is 10.3. The molecule has 2 heteroatoms. The molecule has 1 nitrogen and oxygen atoms in total. The van der Waals surface area contributed by atoms with Gasteiger partial charge in [0.1, 0.15) is 0 Å². The highest BCUT2D eigenvalue weighted by Crippen LogP contribution is 1.79. The Kier molecular flexibility index (Phi) is 14.1. The van der Waals surface area contributed by atoms with Crippen LogP contribution in [0.15, 0.2) is 0 Å². The second kappa shape index (κ2) is 9.58. The molecule has 0 spiro atoms. The zero-order chi connectivity index (χ0) is 6.28. The van der Waals surface area contributed by atoms with E-state index in [4.69, 9.17) is 5.11 Å². The first-order valence-corrected chi connectivity index (χ1v) is 3.19. The van der Waals surface area contributed by atoms with Crippen LogP contribution in [0.2, 0.25) is 0 Å². The Bertz CT molecular complexity index is 22.0. The van der Waals surface area contributed by atoms with Crippen molar-refractivity contribution in [3.05, 3.63) is 0 Å². The summed E-state index contributed by atoms with van der Waals surface area (Å²) in [5.41, 5.74) is 0. The lowest BCUT2D eigenvalue weighted by Crippen LogP contribution is -1.98. The van der Waals surface area contributed by atoms with Crippen molar-refractivity contribution in [3.8, 4) is 0 Å². The minimum Gasteiger partial charge on any atom is -0.393 e. The van der Waals surface area contributed by atoms with Crippen LogP contribution in [0.3, 0.4) is 0 Å². The van der Waals surface area contributed by atoms with Crippen LogP contribution in [0.5, 0.6) is 0 Å². The van der Waals surface area contributed by atoms with Crippen molar-refractivity contribution in [1.82, 2.24) is 0 Å². The minimum atomic E-state index is -0.252. The molecule has 0 bridgehead atoms. The normalized spacial score (nSPS) is 11.6. The highest BCUT2D eigenvalue weighted by atomic mass is 32.1. The van der Waals surface area contributed by atoms with Crippen LogP contribution in [0.1, 0.15) is 20.8 Å². The van der Waals surface area contributed by atoms with Crippen molar-refractivity contribution in [2.45, 2.75) is 26.9 Å². The third-order valence-corrected chi connectivity index (χ3v) is 0.793.